The van der Waals surface area contributed by atoms with Gasteiger partial charge < -0.3 is 15.5 Å². The minimum atomic E-state index is -0.482. The molecule has 0 radical (unpaired) electrons. The van der Waals surface area contributed by atoms with Crippen LogP contribution in [0.1, 0.15) is 25.7 Å². The number of amides is 1. The molecule has 0 aliphatic carbocycles. The molecule has 1 aliphatic rings. The average Bonchev–Trinajstić information content (AvgIpc) is 2.76. The fourth-order valence-corrected chi connectivity index (χ4v) is 3.79. The molecule has 6 nitrogen and oxygen atoms in total. The maximum Gasteiger partial charge on any atom is 0.225 e. The van der Waals surface area contributed by atoms with Gasteiger partial charge >= 0.3 is 0 Å². The summed E-state index contributed by atoms with van der Waals surface area (Å²) >= 11 is 5.87. The Balaban J connectivity index is 1.47. The lowest BCUT2D eigenvalue weighted by Crippen LogP contribution is -2.32. The molecule has 0 saturated carbocycles. The Morgan fingerprint density at radius 3 is 2.67 bits per heavy atom. The van der Waals surface area contributed by atoms with E-state index in [1.54, 1.807) is 6.07 Å². The third kappa shape index (κ3) is 5.04. The van der Waals surface area contributed by atoms with E-state index >= 15 is 0 Å². The van der Waals surface area contributed by atoms with Gasteiger partial charge in [0, 0.05) is 29.7 Å². The molecule has 1 amide bonds. The average molecular weight is 428 g/mol. The van der Waals surface area contributed by atoms with E-state index in [9.17, 15) is 9.18 Å². The summed E-state index contributed by atoms with van der Waals surface area (Å²) < 4.78 is 13.4. The molecule has 8 heteroatoms. The van der Waals surface area contributed by atoms with Crippen LogP contribution in [0, 0.1) is 5.82 Å². The highest BCUT2D eigenvalue weighted by Crippen LogP contribution is 2.27. The topological polar surface area (TPSA) is 70.2 Å². The Labute approximate surface area is 179 Å². The summed E-state index contributed by atoms with van der Waals surface area (Å²) in [4.78, 5) is 23.3. The number of carbonyl (C=O) groups excluding carboxylic acids is 1. The van der Waals surface area contributed by atoms with Gasteiger partial charge in [-0.15, -0.1) is 0 Å². The first-order valence-corrected chi connectivity index (χ1v) is 10.5. The van der Waals surface area contributed by atoms with Crippen molar-refractivity contribution in [1.29, 1.82) is 0 Å². The standard InChI is InChI=1S/C22H23ClFN5O/c23-18-13-16(4-6-19(18)24)28-22-17-12-15(5-7-20(17)25-14-26-22)27-21(30)8-11-29-9-2-1-3-10-29/h4-7,12-14H,1-3,8-11H2,(H,27,30)(H,25,26,28). The Kier molecular flexibility index (Phi) is 6.40. The molecule has 1 saturated heterocycles. The SMILES string of the molecule is O=C(CCN1CCCCC1)Nc1ccc2ncnc(Nc3ccc(F)c(Cl)c3)c2c1. The van der Waals surface area contributed by atoms with Crippen LogP contribution in [-0.2, 0) is 4.79 Å². The molecule has 4 rings (SSSR count). The van der Waals surface area contributed by atoms with Crippen molar-refractivity contribution >= 4 is 45.6 Å². The zero-order valence-corrected chi connectivity index (χ0v) is 17.3. The van der Waals surface area contributed by atoms with E-state index in [2.05, 4.69) is 25.5 Å². The molecular formula is C22H23ClFN5O. The smallest absolute Gasteiger partial charge is 0.225 e. The number of halogens is 2. The predicted molar refractivity (Wildman–Crippen MR) is 118 cm³/mol. The quantitative estimate of drug-likeness (QED) is 0.580. The molecule has 30 heavy (non-hydrogen) atoms. The number of piperidine rings is 1. The summed E-state index contributed by atoms with van der Waals surface area (Å²) in [6, 6.07) is 9.87. The van der Waals surface area contributed by atoms with Crippen LogP contribution in [0.5, 0.6) is 0 Å². The highest BCUT2D eigenvalue weighted by atomic mass is 35.5. The maximum absolute atomic E-state index is 13.4. The van der Waals surface area contributed by atoms with Crippen LogP contribution in [0.2, 0.25) is 5.02 Å². The van der Waals surface area contributed by atoms with Crippen molar-refractivity contribution in [2.45, 2.75) is 25.7 Å². The molecule has 3 aromatic rings. The summed E-state index contributed by atoms with van der Waals surface area (Å²) in [6.07, 6.45) is 5.61. The van der Waals surface area contributed by atoms with Crippen molar-refractivity contribution in [2.24, 2.45) is 0 Å². The first-order chi connectivity index (χ1) is 14.6. The van der Waals surface area contributed by atoms with Gasteiger partial charge in [-0.25, -0.2) is 14.4 Å². The normalized spacial score (nSPS) is 14.6. The van der Waals surface area contributed by atoms with Crippen LogP contribution < -0.4 is 10.6 Å². The zero-order valence-electron chi connectivity index (χ0n) is 16.5. The molecular weight excluding hydrogens is 405 g/mol. The Morgan fingerprint density at radius 2 is 1.87 bits per heavy atom. The van der Waals surface area contributed by atoms with Gasteiger partial charge in [-0.1, -0.05) is 18.0 Å². The molecule has 156 valence electrons. The van der Waals surface area contributed by atoms with Gasteiger partial charge in [-0.2, -0.15) is 0 Å². The molecule has 2 aromatic carbocycles. The second-order valence-corrected chi connectivity index (χ2v) is 7.82. The number of hydrogen-bond acceptors (Lipinski definition) is 5. The lowest BCUT2D eigenvalue weighted by Gasteiger charge is -2.25. The Morgan fingerprint density at radius 1 is 1.07 bits per heavy atom. The highest BCUT2D eigenvalue weighted by Gasteiger charge is 2.13. The Bertz CT molecular complexity index is 1050. The summed E-state index contributed by atoms with van der Waals surface area (Å²) in [5.41, 5.74) is 2.02. The molecule has 0 bridgehead atoms. The van der Waals surface area contributed by atoms with Crippen molar-refractivity contribution < 1.29 is 9.18 Å². The lowest BCUT2D eigenvalue weighted by atomic mass is 10.1. The van der Waals surface area contributed by atoms with Crippen molar-refractivity contribution in [1.82, 2.24) is 14.9 Å². The molecule has 2 N–H and O–H groups in total. The van der Waals surface area contributed by atoms with Crippen LogP contribution in [0.3, 0.4) is 0 Å². The second-order valence-electron chi connectivity index (χ2n) is 7.41. The number of nitrogens with zero attached hydrogens (tertiary/aromatic N) is 3. The summed E-state index contributed by atoms with van der Waals surface area (Å²) in [6.45, 7) is 2.92. The highest BCUT2D eigenvalue weighted by molar-refractivity contribution is 6.31. The first-order valence-electron chi connectivity index (χ1n) is 10.1. The van der Waals surface area contributed by atoms with E-state index in [1.165, 1.54) is 37.7 Å². The number of aromatic nitrogens is 2. The van der Waals surface area contributed by atoms with Gasteiger partial charge in [-0.3, -0.25) is 4.79 Å². The number of likely N-dealkylation sites (tertiary alicyclic amines) is 1. The third-order valence-electron chi connectivity index (χ3n) is 5.21. The van der Waals surface area contributed by atoms with Crippen molar-refractivity contribution in [3.8, 4) is 0 Å². The van der Waals surface area contributed by atoms with Crippen LogP contribution in [0.25, 0.3) is 10.9 Å². The van der Waals surface area contributed by atoms with E-state index in [1.807, 2.05) is 18.2 Å². The number of anilines is 3. The van der Waals surface area contributed by atoms with E-state index in [0.29, 0.717) is 23.6 Å². The van der Waals surface area contributed by atoms with Crippen LogP contribution in [0.15, 0.2) is 42.7 Å². The lowest BCUT2D eigenvalue weighted by molar-refractivity contribution is -0.116. The molecule has 1 fully saturated rings. The molecule has 0 atom stereocenters. The van der Waals surface area contributed by atoms with E-state index in [4.69, 9.17) is 11.6 Å². The minimum Gasteiger partial charge on any atom is -0.340 e. The van der Waals surface area contributed by atoms with Crippen LogP contribution in [-0.4, -0.2) is 40.4 Å². The molecule has 0 unspecified atom stereocenters. The monoisotopic (exact) mass is 427 g/mol. The summed E-state index contributed by atoms with van der Waals surface area (Å²) in [5.74, 6) is 0.0491. The number of nitrogens with one attached hydrogen (secondary N) is 2. The van der Waals surface area contributed by atoms with Crippen molar-refractivity contribution in [2.75, 3.05) is 30.3 Å². The fourth-order valence-electron chi connectivity index (χ4n) is 3.61. The van der Waals surface area contributed by atoms with Gasteiger partial charge in [0.25, 0.3) is 0 Å². The Hall–Kier alpha value is -2.77. The number of fused-ring (bicyclic) bond motifs is 1. The third-order valence-corrected chi connectivity index (χ3v) is 5.49. The van der Waals surface area contributed by atoms with Crippen LogP contribution in [0.4, 0.5) is 21.6 Å². The molecule has 2 heterocycles. The van der Waals surface area contributed by atoms with E-state index < -0.39 is 5.82 Å². The molecule has 0 spiro atoms. The van der Waals surface area contributed by atoms with Crippen molar-refractivity contribution in [3.63, 3.8) is 0 Å². The maximum atomic E-state index is 13.4. The largest absolute Gasteiger partial charge is 0.340 e. The number of rotatable bonds is 6. The fraction of sp³-hybridized carbons (Fsp3) is 0.318. The van der Waals surface area contributed by atoms with E-state index in [0.717, 1.165) is 30.5 Å². The molecule has 1 aliphatic heterocycles. The van der Waals surface area contributed by atoms with Crippen LogP contribution >= 0.6 is 11.6 Å². The van der Waals surface area contributed by atoms with Gasteiger partial charge in [0.15, 0.2) is 0 Å². The summed E-state index contributed by atoms with van der Waals surface area (Å²) in [5, 5.41) is 6.87. The van der Waals surface area contributed by atoms with Gasteiger partial charge in [0.05, 0.1) is 10.5 Å². The van der Waals surface area contributed by atoms with Gasteiger partial charge in [0.2, 0.25) is 5.91 Å². The summed E-state index contributed by atoms with van der Waals surface area (Å²) in [7, 11) is 0. The zero-order chi connectivity index (χ0) is 20.9. The second kappa shape index (κ2) is 9.36. The van der Waals surface area contributed by atoms with E-state index in [-0.39, 0.29) is 10.9 Å². The number of carbonyl (C=O) groups is 1. The number of hydrogen-bond donors (Lipinski definition) is 2. The van der Waals surface area contributed by atoms with Gasteiger partial charge in [0.1, 0.15) is 18.0 Å². The van der Waals surface area contributed by atoms with Gasteiger partial charge in [-0.05, 0) is 62.3 Å². The predicted octanol–water partition coefficient (Wildman–Crippen LogP) is 4.98. The number of benzene rings is 2. The first kappa shape index (κ1) is 20.5. The minimum absolute atomic E-state index is 0.0170. The van der Waals surface area contributed by atoms with Crippen molar-refractivity contribution in [3.05, 3.63) is 53.6 Å². The molecule has 1 aromatic heterocycles.